The number of carbonyl (C=O) groups excluding carboxylic acids is 2. The molecule has 1 heterocycles. The Morgan fingerprint density at radius 3 is 2.41 bits per heavy atom. The summed E-state index contributed by atoms with van der Waals surface area (Å²) in [5, 5.41) is 3.61. The monoisotopic (exact) mass is 429 g/mol. The molecular weight excluding hydrogens is 411 g/mol. The number of carbonyl (C=O) groups is 2. The van der Waals surface area contributed by atoms with Crippen molar-refractivity contribution in [2.75, 3.05) is 6.26 Å². The summed E-state index contributed by atoms with van der Waals surface area (Å²) in [6, 6.07) is 1.56. The quantitative estimate of drug-likeness (QED) is 0.508. The van der Waals surface area contributed by atoms with Crippen molar-refractivity contribution in [2.45, 2.75) is 49.8 Å². The van der Waals surface area contributed by atoms with E-state index in [1.807, 2.05) is 0 Å². The van der Waals surface area contributed by atoms with E-state index in [-0.39, 0.29) is 17.0 Å². The van der Waals surface area contributed by atoms with Gasteiger partial charge in [-0.2, -0.15) is 13.2 Å². The van der Waals surface area contributed by atoms with E-state index >= 15 is 0 Å². The first-order chi connectivity index (χ1) is 13.5. The van der Waals surface area contributed by atoms with Gasteiger partial charge in [0.1, 0.15) is 0 Å². The normalized spacial score (nSPS) is 15.4. The zero-order valence-corrected chi connectivity index (χ0v) is 16.6. The molecule has 1 aliphatic rings. The van der Waals surface area contributed by atoms with Crippen LogP contribution in [0.25, 0.3) is 0 Å². The number of aromatic nitrogens is 1. The van der Waals surface area contributed by atoms with Crippen LogP contribution in [-0.2, 0) is 21.7 Å². The van der Waals surface area contributed by atoms with Crippen LogP contribution in [0, 0.1) is 0 Å². The molecule has 1 aromatic heterocycles. The Morgan fingerprint density at radius 2 is 1.90 bits per heavy atom. The third-order valence-corrected chi connectivity index (χ3v) is 5.33. The van der Waals surface area contributed by atoms with Crippen LogP contribution in [0.4, 0.5) is 13.2 Å². The Morgan fingerprint density at radius 1 is 1.24 bits per heavy atom. The Kier molecular flexibility index (Phi) is 5.66. The molecule has 0 saturated heterocycles. The minimum atomic E-state index is -4.91. The van der Waals surface area contributed by atoms with Crippen molar-refractivity contribution in [1.29, 1.82) is 0 Å². The number of hydrogen-bond acceptors (Lipinski definition) is 6. The van der Waals surface area contributed by atoms with Crippen LogP contribution in [0.2, 0.25) is 0 Å². The van der Waals surface area contributed by atoms with E-state index in [2.05, 4.69) is 5.16 Å². The van der Waals surface area contributed by atoms with Crippen LogP contribution >= 0.6 is 0 Å². The van der Waals surface area contributed by atoms with E-state index in [9.17, 15) is 27.0 Å². The summed E-state index contributed by atoms with van der Waals surface area (Å²) in [6.45, 7) is 2.95. The predicted octanol–water partition coefficient (Wildman–Crippen LogP) is 4.10. The summed E-state index contributed by atoms with van der Waals surface area (Å²) in [6.07, 6.45) is -1.71. The molecule has 0 amide bonds. The van der Waals surface area contributed by atoms with E-state index in [0.29, 0.717) is 11.8 Å². The van der Waals surface area contributed by atoms with Gasteiger partial charge in [0.05, 0.1) is 44.7 Å². The van der Waals surface area contributed by atoms with Crippen molar-refractivity contribution < 1.29 is 36.2 Å². The average Bonchev–Trinajstić information content (AvgIpc) is 3.35. The number of benzene rings is 1. The summed E-state index contributed by atoms with van der Waals surface area (Å²) < 4.78 is 63.1. The van der Waals surface area contributed by atoms with Crippen molar-refractivity contribution in [2.24, 2.45) is 0 Å². The van der Waals surface area contributed by atoms with Crippen LogP contribution in [0.1, 0.15) is 70.2 Å². The van der Waals surface area contributed by atoms with Gasteiger partial charge in [-0.05, 0) is 38.8 Å². The van der Waals surface area contributed by atoms with E-state index in [0.717, 1.165) is 25.2 Å². The highest BCUT2D eigenvalue weighted by Crippen LogP contribution is 2.43. The lowest BCUT2D eigenvalue weighted by molar-refractivity contribution is -0.138. The second-order valence-electron chi connectivity index (χ2n) is 6.98. The molecule has 10 heteroatoms. The number of halogens is 3. The molecule has 3 rings (SSSR count). The maximum Gasteiger partial charge on any atom is 0.417 e. The summed E-state index contributed by atoms with van der Waals surface area (Å²) in [4.78, 5) is 25.1. The minimum Gasteiger partial charge on any atom is -0.459 e. The molecule has 1 aromatic carbocycles. The van der Waals surface area contributed by atoms with E-state index < -0.39 is 50.9 Å². The Hall–Kier alpha value is -2.49. The van der Waals surface area contributed by atoms with E-state index in [1.54, 1.807) is 0 Å². The number of alkyl halides is 3. The van der Waals surface area contributed by atoms with Gasteiger partial charge in [-0.15, -0.1) is 0 Å². The van der Waals surface area contributed by atoms with E-state index in [1.165, 1.54) is 20.0 Å². The molecule has 0 aliphatic heterocycles. The summed E-state index contributed by atoms with van der Waals surface area (Å²) >= 11 is 0. The van der Waals surface area contributed by atoms with Gasteiger partial charge in [0.15, 0.2) is 11.5 Å². The lowest BCUT2D eigenvalue weighted by atomic mass is 9.97. The van der Waals surface area contributed by atoms with Gasteiger partial charge >= 0.3 is 12.1 Å². The van der Waals surface area contributed by atoms with Gasteiger partial charge < -0.3 is 9.26 Å². The highest BCUT2D eigenvalue weighted by Gasteiger charge is 2.40. The first-order valence-electron chi connectivity index (χ1n) is 8.80. The molecular formula is C19H18F3NO5S. The van der Waals surface area contributed by atoms with Crippen molar-refractivity contribution in [3.63, 3.8) is 0 Å². The zero-order valence-electron chi connectivity index (χ0n) is 15.8. The maximum absolute atomic E-state index is 13.6. The van der Waals surface area contributed by atoms with Gasteiger partial charge in [0.25, 0.3) is 0 Å². The van der Waals surface area contributed by atoms with Gasteiger partial charge in [0.2, 0.25) is 0 Å². The lowest BCUT2D eigenvalue weighted by Crippen LogP contribution is -2.22. The van der Waals surface area contributed by atoms with Crippen LogP contribution in [0.3, 0.4) is 0 Å². The number of esters is 1. The van der Waals surface area contributed by atoms with Crippen molar-refractivity contribution in [1.82, 2.24) is 5.16 Å². The number of rotatable bonds is 6. The van der Waals surface area contributed by atoms with E-state index in [4.69, 9.17) is 9.26 Å². The standard InChI is InChI=1S/C19H18F3NO5S/c1-9(2)27-18(25)14-13(19(20,21)22)7-6-11(17(14)29(3)26)15(24)12-8-23-28-16(12)10-4-5-10/h6-10H,4-5H2,1-3H3. The number of ketones is 1. The molecule has 1 aliphatic carbocycles. The molecule has 1 saturated carbocycles. The predicted molar refractivity (Wildman–Crippen MR) is 96.2 cm³/mol. The Bertz CT molecular complexity index is 992. The summed E-state index contributed by atoms with van der Waals surface area (Å²) in [7, 11) is -2.09. The smallest absolute Gasteiger partial charge is 0.417 e. The number of nitrogens with zero attached hydrogens (tertiary/aromatic N) is 1. The van der Waals surface area contributed by atoms with Crippen molar-refractivity contribution in [3.8, 4) is 0 Å². The lowest BCUT2D eigenvalue weighted by Gasteiger charge is -2.18. The topological polar surface area (TPSA) is 86.5 Å². The van der Waals surface area contributed by atoms with Gasteiger partial charge in [0, 0.05) is 17.7 Å². The highest BCUT2D eigenvalue weighted by atomic mass is 32.2. The number of hydrogen-bond donors (Lipinski definition) is 0. The van der Waals surface area contributed by atoms with Crippen molar-refractivity contribution >= 4 is 22.6 Å². The maximum atomic E-state index is 13.6. The van der Waals surface area contributed by atoms with Crippen molar-refractivity contribution in [3.05, 3.63) is 46.3 Å². The van der Waals surface area contributed by atoms with Crippen LogP contribution < -0.4 is 0 Å². The molecule has 29 heavy (non-hydrogen) atoms. The molecule has 1 fully saturated rings. The first kappa shape index (κ1) is 21.2. The molecule has 6 nitrogen and oxygen atoms in total. The SMILES string of the molecule is CC(C)OC(=O)c1c(C(F)(F)F)ccc(C(=O)c2cnoc2C2CC2)c1S(C)=O. The fraction of sp³-hybridized carbons (Fsp3) is 0.421. The Labute approximate surface area is 166 Å². The summed E-state index contributed by atoms with van der Waals surface area (Å²) in [5.41, 5.74) is -2.42. The fourth-order valence-corrected chi connectivity index (χ4v) is 3.93. The van der Waals surface area contributed by atoms with Crippen LogP contribution in [-0.4, -0.2) is 33.5 Å². The second-order valence-corrected chi connectivity index (χ2v) is 8.29. The second kappa shape index (κ2) is 7.74. The molecule has 0 bridgehead atoms. The molecule has 156 valence electrons. The van der Waals surface area contributed by atoms with Gasteiger partial charge in [-0.3, -0.25) is 9.00 Å². The Balaban J connectivity index is 2.22. The van der Waals surface area contributed by atoms with Gasteiger partial charge in [-0.1, -0.05) is 5.16 Å². The third-order valence-electron chi connectivity index (χ3n) is 4.33. The average molecular weight is 429 g/mol. The largest absolute Gasteiger partial charge is 0.459 e. The fourth-order valence-electron chi connectivity index (χ4n) is 2.98. The van der Waals surface area contributed by atoms with Gasteiger partial charge in [-0.25, -0.2) is 4.79 Å². The molecule has 1 atom stereocenters. The molecule has 2 aromatic rings. The third kappa shape index (κ3) is 4.26. The molecule has 0 N–H and O–H groups in total. The minimum absolute atomic E-state index is 0.0202. The first-order valence-corrected chi connectivity index (χ1v) is 10.4. The molecule has 0 spiro atoms. The zero-order chi connectivity index (χ0) is 21.5. The number of ether oxygens (including phenoxy) is 1. The highest BCUT2D eigenvalue weighted by molar-refractivity contribution is 7.84. The summed E-state index contributed by atoms with van der Waals surface area (Å²) in [5.74, 6) is -1.63. The van der Waals surface area contributed by atoms with Crippen LogP contribution in [0.5, 0.6) is 0 Å². The van der Waals surface area contributed by atoms with Crippen LogP contribution in [0.15, 0.2) is 27.7 Å². The molecule has 1 unspecified atom stereocenters. The molecule has 0 radical (unpaired) electrons.